The summed E-state index contributed by atoms with van der Waals surface area (Å²) in [7, 11) is 1.73. The normalized spacial score (nSPS) is 10.5. The van der Waals surface area contributed by atoms with Crippen molar-refractivity contribution >= 4 is 0 Å². The zero-order chi connectivity index (χ0) is 9.84. The molecule has 1 nitrogen and oxygen atoms in total. The van der Waals surface area contributed by atoms with Crippen LogP contribution in [0.4, 0.5) is 13.2 Å². The Balaban J connectivity index is 2.86. The highest BCUT2D eigenvalue weighted by Gasteiger charge is 2.09. The molecule has 0 saturated heterocycles. The van der Waals surface area contributed by atoms with Gasteiger partial charge in [0.1, 0.15) is 0 Å². The second-order valence-electron chi connectivity index (χ2n) is 2.73. The fourth-order valence-electron chi connectivity index (χ4n) is 1.02. The largest absolute Gasteiger partial charge is 0.319 e. The van der Waals surface area contributed by atoms with Crippen molar-refractivity contribution in [1.82, 2.24) is 5.32 Å². The maximum Gasteiger partial charge on any atom is 0.194 e. The van der Waals surface area contributed by atoms with E-state index >= 15 is 0 Å². The molecule has 1 aromatic carbocycles. The third-order valence-electron chi connectivity index (χ3n) is 1.71. The Morgan fingerprint density at radius 1 is 1.15 bits per heavy atom. The molecule has 0 radical (unpaired) electrons. The summed E-state index contributed by atoms with van der Waals surface area (Å²) in [6.07, 6.45) is 0.477. The van der Waals surface area contributed by atoms with Crippen LogP contribution in [0.3, 0.4) is 0 Å². The summed E-state index contributed by atoms with van der Waals surface area (Å²) in [4.78, 5) is 0. The van der Waals surface area contributed by atoms with Crippen LogP contribution >= 0.6 is 0 Å². The third-order valence-corrected chi connectivity index (χ3v) is 1.71. The number of hydrogen-bond donors (Lipinski definition) is 1. The second kappa shape index (κ2) is 4.28. The van der Waals surface area contributed by atoms with Gasteiger partial charge in [0, 0.05) is 0 Å². The Hall–Kier alpha value is -1.03. The molecule has 1 N–H and O–H groups in total. The van der Waals surface area contributed by atoms with Crippen LogP contribution in [0.2, 0.25) is 0 Å². The number of nitrogens with one attached hydrogen (secondary N) is 1. The quantitative estimate of drug-likeness (QED) is 0.716. The first kappa shape index (κ1) is 10.1. The summed E-state index contributed by atoms with van der Waals surface area (Å²) < 4.78 is 37.7. The molecule has 0 aliphatic heterocycles. The predicted molar refractivity (Wildman–Crippen MR) is 43.9 cm³/mol. The summed E-state index contributed by atoms with van der Waals surface area (Å²) in [6.45, 7) is 0.602. The van der Waals surface area contributed by atoms with Gasteiger partial charge in [-0.1, -0.05) is 0 Å². The molecule has 0 atom stereocenters. The van der Waals surface area contributed by atoms with Gasteiger partial charge in [-0.25, -0.2) is 13.2 Å². The SMILES string of the molecule is CNCCc1cc(F)c(F)c(F)c1. The first-order valence-electron chi connectivity index (χ1n) is 3.93. The van der Waals surface area contributed by atoms with Gasteiger partial charge < -0.3 is 5.32 Å². The highest BCUT2D eigenvalue weighted by Crippen LogP contribution is 2.13. The van der Waals surface area contributed by atoms with Gasteiger partial charge in [-0.05, 0) is 37.7 Å². The zero-order valence-electron chi connectivity index (χ0n) is 7.20. The van der Waals surface area contributed by atoms with Crippen LogP contribution in [-0.4, -0.2) is 13.6 Å². The van der Waals surface area contributed by atoms with Gasteiger partial charge in [0.15, 0.2) is 17.5 Å². The van der Waals surface area contributed by atoms with E-state index < -0.39 is 17.5 Å². The first-order chi connectivity index (χ1) is 6.15. The van der Waals surface area contributed by atoms with Crippen LogP contribution in [0.1, 0.15) is 5.56 Å². The number of likely N-dealkylation sites (N-methyl/N-ethyl adjacent to an activating group) is 1. The topological polar surface area (TPSA) is 12.0 Å². The maximum atomic E-state index is 12.6. The van der Waals surface area contributed by atoms with Crippen LogP contribution in [0.5, 0.6) is 0 Å². The molecule has 0 heterocycles. The number of rotatable bonds is 3. The molecular formula is C9H10F3N. The molecule has 0 fully saturated rings. The molecule has 4 heteroatoms. The first-order valence-corrected chi connectivity index (χ1v) is 3.93. The molecular weight excluding hydrogens is 179 g/mol. The van der Waals surface area contributed by atoms with E-state index in [0.717, 1.165) is 12.1 Å². The lowest BCUT2D eigenvalue weighted by atomic mass is 10.1. The van der Waals surface area contributed by atoms with E-state index in [0.29, 0.717) is 18.5 Å². The van der Waals surface area contributed by atoms with E-state index in [4.69, 9.17) is 0 Å². The van der Waals surface area contributed by atoms with Crippen LogP contribution in [0, 0.1) is 17.5 Å². The lowest BCUT2D eigenvalue weighted by Gasteiger charge is -2.02. The van der Waals surface area contributed by atoms with Crippen LogP contribution in [0.25, 0.3) is 0 Å². The van der Waals surface area contributed by atoms with E-state index in [9.17, 15) is 13.2 Å². The molecule has 0 amide bonds. The summed E-state index contributed by atoms with van der Waals surface area (Å²) in [5.41, 5.74) is 0.450. The van der Waals surface area contributed by atoms with E-state index in [-0.39, 0.29) is 0 Å². The van der Waals surface area contributed by atoms with Gasteiger partial charge in [-0.2, -0.15) is 0 Å². The van der Waals surface area contributed by atoms with Gasteiger partial charge in [0.2, 0.25) is 0 Å². The van der Waals surface area contributed by atoms with Crippen molar-refractivity contribution in [2.75, 3.05) is 13.6 Å². The molecule has 1 rings (SSSR count). The highest BCUT2D eigenvalue weighted by atomic mass is 19.2. The summed E-state index contributed by atoms with van der Waals surface area (Å²) >= 11 is 0. The summed E-state index contributed by atoms with van der Waals surface area (Å²) in [5.74, 6) is -3.68. The molecule has 0 spiro atoms. The van der Waals surface area contributed by atoms with Gasteiger partial charge in [-0.3, -0.25) is 0 Å². The average Bonchev–Trinajstić information content (AvgIpc) is 2.10. The number of halogens is 3. The van der Waals surface area contributed by atoms with E-state index in [1.807, 2.05) is 0 Å². The maximum absolute atomic E-state index is 12.6. The minimum Gasteiger partial charge on any atom is -0.319 e. The lowest BCUT2D eigenvalue weighted by molar-refractivity contribution is 0.445. The summed E-state index contributed by atoms with van der Waals surface area (Å²) in [5, 5.41) is 2.83. The number of hydrogen-bond acceptors (Lipinski definition) is 1. The predicted octanol–water partition coefficient (Wildman–Crippen LogP) is 1.87. The van der Waals surface area contributed by atoms with Crippen LogP contribution in [-0.2, 0) is 6.42 Å². The Labute approximate surface area is 74.6 Å². The Kier molecular flexibility index (Phi) is 3.31. The Morgan fingerprint density at radius 3 is 2.15 bits per heavy atom. The molecule has 0 bridgehead atoms. The van der Waals surface area contributed by atoms with E-state index in [1.165, 1.54) is 0 Å². The molecule has 13 heavy (non-hydrogen) atoms. The zero-order valence-corrected chi connectivity index (χ0v) is 7.20. The van der Waals surface area contributed by atoms with Crippen molar-refractivity contribution in [1.29, 1.82) is 0 Å². The van der Waals surface area contributed by atoms with Crippen molar-refractivity contribution in [2.24, 2.45) is 0 Å². The molecule has 0 saturated carbocycles. The van der Waals surface area contributed by atoms with Crippen LogP contribution in [0.15, 0.2) is 12.1 Å². The smallest absolute Gasteiger partial charge is 0.194 e. The van der Waals surface area contributed by atoms with Crippen molar-refractivity contribution < 1.29 is 13.2 Å². The number of benzene rings is 1. The molecule has 0 aromatic heterocycles. The van der Waals surface area contributed by atoms with Gasteiger partial charge in [0.05, 0.1) is 0 Å². The van der Waals surface area contributed by atoms with Crippen molar-refractivity contribution in [3.8, 4) is 0 Å². The second-order valence-corrected chi connectivity index (χ2v) is 2.73. The van der Waals surface area contributed by atoms with Gasteiger partial charge in [0.25, 0.3) is 0 Å². The Bertz CT molecular complexity index is 276. The van der Waals surface area contributed by atoms with Crippen molar-refractivity contribution in [2.45, 2.75) is 6.42 Å². The molecule has 0 aliphatic rings. The third kappa shape index (κ3) is 2.45. The molecule has 1 aromatic rings. The average molecular weight is 189 g/mol. The van der Waals surface area contributed by atoms with Crippen molar-refractivity contribution in [3.63, 3.8) is 0 Å². The summed E-state index contributed by atoms with van der Waals surface area (Å²) in [6, 6.07) is 2.02. The minimum absolute atomic E-state index is 0.450. The Morgan fingerprint density at radius 2 is 1.69 bits per heavy atom. The van der Waals surface area contributed by atoms with Gasteiger partial charge >= 0.3 is 0 Å². The van der Waals surface area contributed by atoms with Crippen molar-refractivity contribution in [3.05, 3.63) is 35.1 Å². The molecule has 0 unspecified atom stereocenters. The molecule has 72 valence electrons. The standard InChI is InChI=1S/C9H10F3N/c1-13-3-2-6-4-7(10)9(12)8(11)5-6/h4-5,13H,2-3H2,1H3. The fraction of sp³-hybridized carbons (Fsp3) is 0.333. The van der Waals surface area contributed by atoms with Gasteiger partial charge in [-0.15, -0.1) is 0 Å². The highest BCUT2D eigenvalue weighted by molar-refractivity contribution is 5.19. The van der Waals surface area contributed by atoms with E-state index in [1.54, 1.807) is 7.05 Å². The molecule has 0 aliphatic carbocycles. The fourth-order valence-corrected chi connectivity index (χ4v) is 1.02. The lowest BCUT2D eigenvalue weighted by Crippen LogP contribution is -2.10. The monoisotopic (exact) mass is 189 g/mol. The van der Waals surface area contributed by atoms with Crippen LogP contribution < -0.4 is 5.32 Å². The van der Waals surface area contributed by atoms with E-state index in [2.05, 4.69) is 5.32 Å². The minimum atomic E-state index is -1.41.